The molecule has 2 N–H and O–H groups in total. The van der Waals surface area contributed by atoms with Crippen molar-refractivity contribution >= 4 is 11.6 Å². The molecule has 3 aliphatic heterocycles. The largest absolute Gasteiger partial charge is 0.489 e. The molecular weight excluding hydrogens is 808 g/mol. The number of fused-ring (bicyclic) bond motifs is 3. The molecule has 7 atom stereocenters. The summed E-state index contributed by atoms with van der Waals surface area (Å²) in [6, 6.07) is 16.9. The monoisotopic (exact) mass is 868 g/mol. The fourth-order valence-electron chi connectivity index (χ4n) is 10.3. The van der Waals surface area contributed by atoms with Crippen LogP contribution < -0.4 is 18.9 Å². The highest BCUT2D eigenvalue weighted by molar-refractivity contribution is 6.03. The number of halogens is 1. The van der Waals surface area contributed by atoms with E-state index >= 15 is 4.79 Å². The normalized spacial score (nSPS) is 26.2. The summed E-state index contributed by atoms with van der Waals surface area (Å²) in [5.41, 5.74) is 3.42. The van der Waals surface area contributed by atoms with Crippen LogP contribution in [-0.4, -0.2) is 84.6 Å². The lowest BCUT2D eigenvalue weighted by Gasteiger charge is -2.60. The molecule has 1 amide bonds. The number of amides is 1. The summed E-state index contributed by atoms with van der Waals surface area (Å²) < 4.78 is 53.0. The van der Waals surface area contributed by atoms with Crippen LogP contribution >= 0.6 is 0 Å². The van der Waals surface area contributed by atoms with Crippen molar-refractivity contribution in [2.75, 3.05) is 39.8 Å². The third kappa shape index (κ3) is 9.48. The number of ether oxygens (including phenoxy) is 6. The van der Waals surface area contributed by atoms with Crippen LogP contribution in [0.1, 0.15) is 105 Å². The molecule has 63 heavy (non-hydrogen) atoms. The van der Waals surface area contributed by atoms with Gasteiger partial charge >= 0.3 is 0 Å². The first-order chi connectivity index (χ1) is 30.9. The molecule has 0 bridgehead atoms. The van der Waals surface area contributed by atoms with Crippen LogP contribution in [-0.2, 0) is 20.9 Å². The molecule has 0 spiro atoms. The Morgan fingerprint density at radius 3 is 2.59 bits per heavy atom. The minimum atomic E-state index is -1.43. The van der Waals surface area contributed by atoms with Crippen LogP contribution in [0.3, 0.4) is 0 Å². The maximum atomic E-state index is 15.1. The van der Waals surface area contributed by atoms with E-state index in [9.17, 15) is 14.6 Å². The van der Waals surface area contributed by atoms with E-state index in [0.29, 0.717) is 78.7 Å². The Morgan fingerprint density at radius 1 is 1.00 bits per heavy atom. The van der Waals surface area contributed by atoms with Gasteiger partial charge in [-0.05, 0) is 105 Å². The van der Waals surface area contributed by atoms with Crippen molar-refractivity contribution in [2.24, 2.45) is 22.9 Å². The standard InChI is InChI=1S/C50H61FN2O10/c1-3-22-53(49(56)34-18-20-43-44(28-34)60-32-59-43)45-30-41(52-63-46-17-9-12-26-57-46)38-27-33(13-7-10-23-54)37(15-8-11-24-55)47-39-29-36(58-31-35-14-5-6-16-40(35)51)19-21-42(39)62-50(45,48(38)47)61-25-4-2/h4-6,14,16,18-21,27-29,33,37,45-48,54-55H,2-3,7-13,15,17,22-26,30-32H2,1H3. The maximum absolute atomic E-state index is 15.1. The second-order valence-corrected chi connectivity index (χ2v) is 17.1. The fourth-order valence-corrected chi connectivity index (χ4v) is 10.3. The molecule has 1 saturated heterocycles. The van der Waals surface area contributed by atoms with Crippen molar-refractivity contribution in [3.63, 3.8) is 0 Å². The van der Waals surface area contributed by atoms with Crippen LogP contribution in [0.15, 0.2) is 90.1 Å². The molecule has 3 heterocycles. The average Bonchev–Trinajstić information content (AvgIpc) is 3.79. The van der Waals surface area contributed by atoms with E-state index in [0.717, 1.165) is 49.7 Å². The van der Waals surface area contributed by atoms with Gasteiger partial charge < -0.3 is 48.4 Å². The van der Waals surface area contributed by atoms with Gasteiger partial charge in [-0.2, -0.15) is 0 Å². The molecule has 5 aliphatic rings. The molecule has 1 saturated carbocycles. The van der Waals surface area contributed by atoms with Gasteiger partial charge in [0.1, 0.15) is 30.0 Å². The number of rotatable bonds is 20. The lowest BCUT2D eigenvalue weighted by atomic mass is 9.55. The van der Waals surface area contributed by atoms with E-state index in [-0.39, 0.29) is 69.1 Å². The molecule has 2 aliphatic carbocycles. The predicted octanol–water partition coefficient (Wildman–Crippen LogP) is 8.85. The summed E-state index contributed by atoms with van der Waals surface area (Å²) in [4.78, 5) is 23.3. The van der Waals surface area contributed by atoms with E-state index < -0.39 is 24.0 Å². The number of unbranched alkanes of at least 4 members (excludes halogenated alkanes) is 2. The summed E-state index contributed by atoms with van der Waals surface area (Å²) in [6.45, 7) is 7.49. The van der Waals surface area contributed by atoms with E-state index in [4.69, 9.17) is 38.4 Å². The minimum Gasteiger partial charge on any atom is -0.489 e. The number of benzene rings is 3. The van der Waals surface area contributed by atoms with Crippen molar-refractivity contribution in [1.29, 1.82) is 0 Å². The molecule has 8 rings (SSSR count). The first-order valence-electron chi connectivity index (χ1n) is 22.8. The zero-order chi connectivity index (χ0) is 43.8. The van der Waals surface area contributed by atoms with Crippen molar-refractivity contribution in [3.8, 4) is 23.0 Å². The topological polar surface area (TPSA) is 138 Å². The van der Waals surface area contributed by atoms with E-state index in [1.807, 2.05) is 30.0 Å². The molecule has 12 nitrogen and oxygen atoms in total. The molecule has 0 radical (unpaired) electrons. The van der Waals surface area contributed by atoms with Crippen molar-refractivity contribution in [1.82, 2.24) is 4.90 Å². The van der Waals surface area contributed by atoms with Gasteiger partial charge in [0.25, 0.3) is 5.91 Å². The van der Waals surface area contributed by atoms with Crippen LogP contribution in [0.4, 0.5) is 4.39 Å². The lowest BCUT2D eigenvalue weighted by molar-refractivity contribution is -0.254. The zero-order valence-electron chi connectivity index (χ0n) is 36.3. The Balaban J connectivity index is 1.31. The first-order valence-corrected chi connectivity index (χ1v) is 22.8. The molecular formula is C50H61FN2O10. The highest BCUT2D eigenvalue weighted by Crippen LogP contribution is 2.62. The quantitative estimate of drug-likeness (QED) is 0.0644. The third-order valence-corrected chi connectivity index (χ3v) is 13.1. The second kappa shape index (κ2) is 20.7. The van der Waals surface area contributed by atoms with E-state index in [1.165, 1.54) is 6.07 Å². The second-order valence-electron chi connectivity index (χ2n) is 17.1. The smallest absolute Gasteiger partial charge is 0.254 e. The Bertz CT molecular complexity index is 2120. The maximum Gasteiger partial charge on any atom is 0.254 e. The Kier molecular flexibility index (Phi) is 14.7. The molecule has 0 aromatic heterocycles. The van der Waals surface area contributed by atoms with Crippen LogP contribution in [0.2, 0.25) is 0 Å². The number of hydrogen-bond donors (Lipinski definition) is 2. The molecule has 338 valence electrons. The van der Waals surface area contributed by atoms with Crippen LogP contribution in [0.25, 0.3) is 0 Å². The highest BCUT2D eigenvalue weighted by atomic mass is 19.1. The summed E-state index contributed by atoms with van der Waals surface area (Å²) in [5.74, 6) is -0.422. The van der Waals surface area contributed by atoms with Crippen molar-refractivity contribution in [2.45, 2.75) is 108 Å². The van der Waals surface area contributed by atoms with Gasteiger partial charge in [-0.25, -0.2) is 4.39 Å². The van der Waals surface area contributed by atoms with Gasteiger partial charge in [0.05, 0.1) is 24.8 Å². The van der Waals surface area contributed by atoms with Crippen molar-refractivity contribution in [3.05, 3.63) is 107 Å². The molecule has 3 aromatic rings. The van der Waals surface area contributed by atoms with Crippen LogP contribution in [0, 0.1) is 23.6 Å². The Morgan fingerprint density at radius 2 is 1.81 bits per heavy atom. The van der Waals surface area contributed by atoms with Gasteiger partial charge in [0.15, 0.2) is 11.5 Å². The molecule has 2 fully saturated rings. The fraction of sp³-hybridized carbons (Fsp3) is 0.520. The van der Waals surface area contributed by atoms with Gasteiger partial charge in [-0.15, -0.1) is 6.58 Å². The molecule has 13 heteroatoms. The van der Waals surface area contributed by atoms with Crippen LogP contribution in [0.5, 0.6) is 23.0 Å². The first kappa shape index (κ1) is 44.6. The van der Waals surface area contributed by atoms with Crippen molar-refractivity contribution < 1.29 is 52.7 Å². The lowest BCUT2D eigenvalue weighted by Crippen LogP contribution is -2.70. The van der Waals surface area contributed by atoms with Gasteiger partial charge in [-0.1, -0.05) is 55.3 Å². The summed E-state index contributed by atoms with van der Waals surface area (Å²) >= 11 is 0. The van der Waals surface area contributed by atoms with Gasteiger partial charge in [0.2, 0.25) is 18.9 Å². The Hall–Kier alpha value is -4.95. The SMILES string of the molecule is C=CCOC12Oc3ccc(OCc4ccccc4F)cc3C3C(CCCCO)C(CCCCO)C=C(C(=NOC4CCCCO4)CC1N(CCC)C(=O)c1ccc4c(c1)OCO4)C32. The average molecular weight is 869 g/mol. The van der Waals surface area contributed by atoms with Gasteiger partial charge in [-0.3, -0.25) is 4.79 Å². The zero-order valence-corrected chi connectivity index (χ0v) is 36.3. The highest BCUT2D eigenvalue weighted by Gasteiger charge is 2.65. The predicted molar refractivity (Wildman–Crippen MR) is 234 cm³/mol. The third-order valence-electron chi connectivity index (χ3n) is 13.1. The van der Waals surface area contributed by atoms with E-state index in [2.05, 4.69) is 12.7 Å². The number of oxime groups is 1. The Labute approximate surface area is 369 Å². The number of allylic oxidation sites excluding steroid dienone is 1. The number of carbonyl (C=O) groups is 1. The minimum absolute atomic E-state index is 0.0203. The summed E-state index contributed by atoms with van der Waals surface area (Å²) in [6.07, 6.45) is 11.6. The summed E-state index contributed by atoms with van der Waals surface area (Å²) in [5, 5.41) is 24.9. The number of carbonyl (C=O) groups excluding carboxylic acids is 1. The van der Waals surface area contributed by atoms with Gasteiger partial charge in [0, 0.05) is 55.2 Å². The number of nitrogens with zero attached hydrogens (tertiary/aromatic N) is 2. The van der Waals surface area contributed by atoms with E-state index in [1.54, 1.807) is 42.5 Å². The summed E-state index contributed by atoms with van der Waals surface area (Å²) in [7, 11) is 0. The molecule has 7 unspecified atom stereocenters. The molecule has 3 aromatic carbocycles. The number of aliphatic hydroxyl groups is 2. The number of aliphatic hydroxyl groups excluding tert-OH is 2. The number of hydrogen-bond acceptors (Lipinski definition) is 11.